The van der Waals surface area contributed by atoms with Crippen LogP contribution in [0.5, 0.6) is 0 Å². The summed E-state index contributed by atoms with van der Waals surface area (Å²) in [5.74, 6) is 0.926. The molecule has 0 aliphatic heterocycles. The van der Waals surface area contributed by atoms with Gasteiger partial charge in [-0.2, -0.15) is 0 Å². The van der Waals surface area contributed by atoms with Crippen molar-refractivity contribution in [1.82, 2.24) is 9.55 Å². The molecule has 1 aliphatic rings. The van der Waals surface area contributed by atoms with Gasteiger partial charge < -0.3 is 9.30 Å². The molecule has 0 amide bonds. The molecule has 1 atom stereocenters. The number of benzene rings is 1. The summed E-state index contributed by atoms with van der Waals surface area (Å²) < 4.78 is 8.15. The number of nitrogens with zero attached hydrogens (tertiary/aromatic N) is 2. The van der Waals surface area contributed by atoms with Crippen LogP contribution in [0.25, 0.3) is 0 Å². The van der Waals surface area contributed by atoms with Gasteiger partial charge in [-0.25, -0.2) is 4.98 Å². The van der Waals surface area contributed by atoms with Crippen LogP contribution in [0.1, 0.15) is 44.9 Å². The monoisotopic (exact) mass is 426 g/mol. The van der Waals surface area contributed by atoms with Gasteiger partial charge in [-0.15, -0.1) is 11.8 Å². The van der Waals surface area contributed by atoms with Crippen LogP contribution in [-0.4, -0.2) is 28.0 Å². The minimum absolute atomic E-state index is 0.297. The molecule has 1 saturated carbocycles. The van der Waals surface area contributed by atoms with Gasteiger partial charge in [-0.05, 0) is 37.0 Å². The van der Waals surface area contributed by atoms with E-state index < -0.39 is 0 Å². The van der Waals surface area contributed by atoms with E-state index >= 15 is 0 Å². The molecule has 0 spiro atoms. The van der Waals surface area contributed by atoms with Gasteiger partial charge in [0.05, 0.1) is 28.2 Å². The van der Waals surface area contributed by atoms with Crippen molar-refractivity contribution in [3.8, 4) is 0 Å². The largest absolute Gasteiger partial charge is 0.380 e. The van der Waals surface area contributed by atoms with Crippen LogP contribution >= 0.6 is 35.0 Å². The first-order chi connectivity index (χ1) is 13.2. The first-order valence-electron chi connectivity index (χ1n) is 9.86. The molecule has 1 aliphatic carbocycles. The lowest BCUT2D eigenvalue weighted by Gasteiger charge is -2.21. The zero-order valence-electron chi connectivity index (χ0n) is 15.7. The zero-order valence-corrected chi connectivity index (χ0v) is 18.0. The zero-order chi connectivity index (χ0) is 18.9. The summed E-state index contributed by atoms with van der Waals surface area (Å²) in [5.41, 5.74) is 0. The van der Waals surface area contributed by atoms with E-state index in [1.807, 2.05) is 36.9 Å². The molecule has 0 bridgehead atoms. The fraction of sp³-hybridized carbons (Fsp3) is 0.571. The maximum atomic E-state index is 6.17. The Morgan fingerprint density at radius 3 is 2.78 bits per heavy atom. The minimum Gasteiger partial charge on any atom is -0.380 e. The molecule has 3 nitrogen and oxygen atoms in total. The number of imidazole rings is 1. The molecule has 27 heavy (non-hydrogen) atoms. The minimum atomic E-state index is 0.297. The number of hydrogen-bond donors (Lipinski definition) is 0. The molecule has 1 aromatic carbocycles. The van der Waals surface area contributed by atoms with Crippen LogP contribution in [0.2, 0.25) is 10.0 Å². The fourth-order valence-electron chi connectivity index (χ4n) is 3.66. The SMILES string of the molecule is Clc1ccc(SC(COCCCC2CCCCC2)Cn2ccnc2)cc1Cl. The lowest BCUT2D eigenvalue weighted by Crippen LogP contribution is -2.19. The van der Waals surface area contributed by atoms with Crippen LogP contribution in [0.4, 0.5) is 0 Å². The van der Waals surface area contributed by atoms with Gasteiger partial charge in [0.1, 0.15) is 0 Å². The van der Waals surface area contributed by atoms with Crippen molar-refractivity contribution < 1.29 is 4.74 Å². The van der Waals surface area contributed by atoms with Crippen molar-refractivity contribution in [3.05, 3.63) is 47.0 Å². The smallest absolute Gasteiger partial charge is 0.0946 e. The Bertz CT molecular complexity index is 675. The second-order valence-corrected chi connectivity index (χ2v) is 9.48. The molecule has 0 radical (unpaired) electrons. The van der Waals surface area contributed by atoms with E-state index in [4.69, 9.17) is 27.9 Å². The van der Waals surface area contributed by atoms with Crippen molar-refractivity contribution >= 4 is 35.0 Å². The fourth-order valence-corrected chi connectivity index (χ4v) is 5.15. The molecule has 0 saturated heterocycles. The van der Waals surface area contributed by atoms with Gasteiger partial charge in [-0.3, -0.25) is 0 Å². The van der Waals surface area contributed by atoms with E-state index in [1.165, 1.54) is 44.9 Å². The van der Waals surface area contributed by atoms with Gasteiger partial charge in [0.2, 0.25) is 0 Å². The van der Waals surface area contributed by atoms with Gasteiger partial charge >= 0.3 is 0 Å². The van der Waals surface area contributed by atoms with Gasteiger partial charge in [0.25, 0.3) is 0 Å². The predicted octanol–water partition coefficient (Wildman–Crippen LogP) is 6.73. The highest BCUT2D eigenvalue weighted by atomic mass is 35.5. The highest BCUT2D eigenvalue weighted by molar-refractivity contribution is 8.00. The quantitative estimate of drug-likeness (QED) is 0.311. The highest BCUT2D eigenvalue weighted by Gasteiger charge is 2.15. The van der Waals surface area contributed by atoms with E-state index in [9.17, 15) is 0 Å². The number of hydrogen-bond acceptors (Lipinski definition) is 3. The Balaban J connectivity index is 1.46. The van der Waals surface area contributed by atoms with E-state index in [0.717, 1.165) is 24.0 Å². The van der Waals surface area contributed by atoms with Crippen LogP contribution in [0.3, 0.4) is 0 Å². The Hall–Kier alpha value is -0.680. The topological polar surface area (TPSA) is 27.1 Å². The van der Waals surface area contributed by atoms with Crippen molar-refractivity contribution in [2.45, 2.75) is 61.6 Å². The van der Waals surface area contributed by atoms with Crippen LogP contribution in [0.15, 0.2) is 41.8 Å². The highest BCUT2D eigenvalue weighted by Crippen LogP contribution is 2.31. The number of thioether (sulfide) groups is 1. The average molecular weight is 427 g/mol. The van der Waals surface area contributed by atoms with Crippen LogP contribution < -0.4 is 0 Å². The summed E-state index contributed by atoms with van der Waals surface area (Å²) in [5, 5.41) is 1.48. The number of rotatable bonds is 10. The second-order valence-electron chi connectivity index (χ2n) is 7.30. The van der Waals surface area contributed by atoms with Crippen LogP contribution in [0, 0.1) is 5.92 Å². The number of halogens is 2. The Kier molecular flexibility index (Phi) is 8.85. The molecular weight excluding hydrogens is 399 g/mol. The normalized spacial score (nSPS) is 16.5. The summed E-state index contributed by atoms with van der Waals surface area (Å²) in [6.07, 6.45) is 15.2. The predicted molar refractivity (Wildman–Crippen MR) is 115 cm³/mol. The Morgan fingerprint density at radius 2 is 2.04 bits per heavy atom. The maximum Gasteiger partial charge on any atom is 0.0946 e. The van der Waals surface area contributed by atoms with Crippen LogP contribution in [-0.2, 0) is 11.3 Å². The molecule has 1 fully saturated rings. The van der Waals surface area contributed by atoms with Gasteiger partial charge in [0, 0.05) is 30.4 Å². The maximum absolute atomic E-state index is 6.17. The Morgan fingerprint density at radius 1 is 1.19 bits per heavy atom. The van der Waals surface area contributed by atoms with Gasteiger partial charge in [-0.1, -0.05) is 55.3 Å². The molecular formula is C21H28Cl2N2OS. The second kappa shape index (κ2) is 11.4. The molecule has 3 rings (SSSR count). The standard InChI is InChI=1S/C21H28Cl2N2OS/c22-20-9-8-18(13-21(20)23)27-19(14-25-11-10-24-16-25)15-26-12-4-7-17-5-2-1-3-6-17/h8-11,13,16-17,19H,1-7,12,14-15H2. The summed E-state index contributed by atoms with van der Waals surface area (Å²) in [7, 11) is 0. The molecule has 2 aromatic rings. The average Bonchev–Trinajstić information content (AvgIpc) is 3.18. The van der Waals surface area contributed by atoms with Crippen molar-refractivity contribution in [1.29, 1.82) is 0 Å². The molecule has 0 N–H and O–H groups in total. The number of ether oxygens (including phenoxy) is 1. The van der Waals surface area contributed by atoms with E-state index in [-0.39, 0.29) is 0 Å². The van der Waals surface area contributed by atoms with E-state index in [1.54, 1.807) is 11.8 Å². The summed E-state index contributed by atoms with van der Waals surface area (Å²) in [6, 6.07) is 5.80. The molecule has 148 valence electrons. The Labute approximate surface area is 176 Å². The molecule has 6 heteroatoms. The number of aromatic nitrogens is 2. The van der Waals surface area contributed by atoms with E-state index in [0.29, 0.717) is 21.9 Å². The lowest BCUT2D eigenvalue weighted by atomic mass is 9.86. The summed E-state index contributed by atoms with van der Waals surface area (Å²) >= 11 is 14.0. The first kappa shape index (κ1) is 21.0. The van der Waals surface area contributed by atoms with Crippen molar-refractivity contribution in [2.24, 2.45) is 5.92 Å². The summed E-state index contributed by atoms with van der Waals surface area (Å²) in [6.45, 7) is 2.42. The molecule has 1 heterocycles. The third kappa shape index (κ3) is 7.34. The summed E-state index contributed by atoms with van der Waals surface area (Å²) in [4.78, 5) is 5.26. The third-order valence-electron chi connectivity index (χ3n) is 5.10. The lowest BCUT2D eigenvalue weighted by molar-refractivity contribution is 0.123. The first-order valence-corrected chi connectivity index (χ1v) is 11.5. The van der Waals surface area contributed by atoms with Crippen molar-refractivity contribution in [3.63, 3.8) is 0 Å². The molecule has 1 aromatic heterocycles. The molecule has 1 unspecified atom stereocenters. The van der Waals surface area contributed by atoms with Gasteiger partial charge in [0.15, 0.2) is 0 Å². The van der Waals surface area contributed by atoms with Crippen molar-refractivity contribution in [2.75, 3.05) is 13.2 Å². The third-order valence-corrected chi connectivity index (χ3v) is 6.98. The van der Waals surface area contributed by atoms with E-state index in [2.05, 4.69) is 9.55 Å².